The summed E-state index contributed by atoms with van der Waals surface area (Å²) >= 11 is 5.93. The van der Waals surface area contributed by atoms with Crippen LogP contribution in [0.15, 0.2) is 24.3 Å². The van der Waals surface area contributed by atoms with E-state index >= 15 is 0 Å². The molecule has 0 amide bonds. The number of carbonyl (C=O) groups excluding carboxylic acids is 1. The van der Waals surface area contributed by atoms with E-state index in [1.807, 2.05) is 0 Å². The summed E-state index contributed by atoms with van der Waals surface area (Å²) in [5.74, 6) is -0.622. The molecule has 1 rings (SSSR count). The van der Waals surface area contributed by atoms with Crippen LogP contribution in [-0.2, 0) is 19.6 Å². The van der Waals surface area contributed by atoms with Crippen LogP contribution in [0.25, 0.3) is 0 Å². The molecule has 0 radical (unpaired) electrons. The van der Waals surface area contributed by atoms with Crippen LogP contribution in [0.1, 0.15) is 6.92 Å². The molecule has 0 fully saturated rings. The van der Waals surface area contributed by atoms with Gasteiger partial charge in [0.25, 0.3) is 0 Å². The quantitative estimate of drug-likeness (QED) is 0.774. The van der Waals surface area contributed by atoms with Gasteiger partial charge in [0.2, 0.25) is 10.0 Å². The minimum atomic E-state index is -3.61. The van der Waals surface area contributed by atoms with E-state index in [2.05, 4.69) is 0 Å². The van der Waals surface area contributed by atoms with Crippen LogP contribution in [0.5, 0.6) is 0 Å². The molecule has 0 atom stereocenters. The van der Waals surface area contributed by atoms with Crippen molar-refractivity contribution in [1.82, 2.24) is 0 Å². The van der Waals surface area contributed by atoms with E-state index in [0.717, 1.165) is 10.6 Å². The molecule has 18 heavy (non-hydrogen) atoms. The van der Waals surface area contributed by atoms with Gasteiger partial charge >= 0.3 is 5.97 Å². The van der Waals surface area contributed by atoms with E-state index in [1.165, 1.54) is 6.07 Å². The van der Waals surface area contributed by atoms with Crippen molar-refractivity contribution in [2.45, 2.75) is 6.92 Å². The van der Waals surface area contributed by atoms with Gasteiger partial charge < -0.3 is 4.74 Å². The molecular formula is C11H14ClNO4S. The maximum Gasteiger partial charge on any atom is 0.326 e. The van der Waals surface area contributed by atoms with Gasteiger partial charge in [-0.05, 0) is 19.1 Å². The number of nitrogens with zero attached hydrogens (tertiary/aromatic N) is 1. The summed E-state index contributed by atoms with van der Waals surface area (Å²) < 4.78 is 29.0. The molecule has 100 valence electrons. The van der Waals surface area contributed by atoms with Gasteiger partial charge in [0.1, 0.15) is 6.54 Å². The standard InChI is InChI=1S/C11H14ClNO4S/c1-3-17-11(14)8-13(18(2,15)16)10-7-5-4-6-9(10)12/h4-7H,3,8H2,1-2H3. The predicted molar refractivity (Wildman–Crippen MR) is 70.3 cm³/mol. The number of sulfonamides is 1. The first-order valence-corrected chi connectivity index (χ1v) is 7.46. The van der Waals surface area contributed by atoms with Gasteiger partial charge in [-0.2, -0.15) is 0 Å². The van der Waals surface area contributed by atoms with E-state index in [-0.39, 0.29) is 17.3 Å². The molecule has 0 aliphatic carbocycles. The van der Waals surface area contributed by atoms with Crippen LogP contribution in [-0.4, -0.2) is 33.8 Å². The molecule has 0 spiro atoms. The first-order valence-electron chi connectivity index (χ1n) is 5.24. The number of hydrogen-bond acceptors (Lipinski definition) is 4. The fraction of sp³-hybridized carbons (Fsp3) is 0.364. The van der Waals surface area contributed by atoms with E-state index in [0.29, 0.717) is 0 Å². The lowest BCUT2D eigenvalue weighted by atomic mass is 10.3. The Morgan fingerprint density at radius 3 is 2.50 bits per heavy atom. The minimum Gasteiger partial charge on any atom is -0.465 e. The highest BCUT2D eigenvalue weighted by molar-refractivity contribution is 7.92. The summed E-state index contributed by atoms with van der Waals surface area (Å²) in [5.41, 5.74) is 0.259. The van der Waals surface area contributed by atoms with Crippen LogP contribution >= 0.6 is 11.6 Å². The Kier molecular flexibility index (Phi) is 4.98. The van der Waals surface area contributed by atoms with Crippen molar-refractivity contribution in [3.63, 3.8) is 0 Å². The van der Waals surface area contributed by atoms with Crippen molar-refractivity contribution in [3.8, 4) is 0 Å². The largest absolute Gasteiger partial charge is 0.465 e. The first-order chi connectivity index (χ1) is 8.36. The van der Waals surface area contributed by atoms with E-state index in [4.69, 9.17) is 16.3 Å². The third-order valence-electron chi connectivity index (χ3n) is 2.10. The Labute approximate surface area is 111 Å². The maximum absolute atomic E-state index is 11.7. The maximum atomic E-state index is 11.7. The number of hydrogen-bond donors (Lipinski definition) is 0. The van der Waals surface area contributed by atoms with Crippen molar-refractivity contribution in [2.75, 3.05) is 23.7 Å². The third-order valence-corrected chi connectivity index (χ3v) is 3.55. The first kappa shape index (κ1) is 14.8. The molecule has 0 N–H and O–H groups in total. The Morgan fingerprint density at radius 2 is 2.00 bits per heavy atom. The van der Waals surface area contributed by atoms with Gasteiger partial charge in [-0.1, -0.05) is 23.7 Å². The molecule has 0 unspecified atom stereocenters. The van der Waals surface area contributed by atoms with Crippen molar-refractivity contribution in [1.29, 1.82) is 0 Å². The van der Waals surface area contributed by atoms with Gasteiger partial charge in [-0.25, -0.2) is 8.42 Å². The average Bonchev–Trinajstić information content (AvgIpc) is 2.26. The van der Waals surface area contributed by atoms with Gasteiger partial charge in [0, 0.05) is 0 Å². The lowest BCUT2D eigenvalue weighted by molar-refractivity contribution is -0.141. The fourth-order valence-electron chi connectivity index (χ4n) is 1.36. The summed E-state index contributed by atoms with van der Waals surface area (Å²) in [7, 11) is -3.61. The normalized spacial score (nSPS) is 11.1. The van der Waals surface area contributed by atoms with Crippen LogP contribution in [0.4, 0.5) is 5.69 Å². The zero-order valence-electron chi connectivity index (χ0n) is 10.1. The SMILES string of the molecule is CCOC(=O)CN(c1ccccc1Cl)S(C)(=O)=O. The molecule has 0 heterocycles. The predicted octanol–water partition coefficient (Wildman–Crippen LogP) is 1.67. The number of para-hydroxylation sites is 1. The summed E-state index contributed by atoms with van der Waals surface area (Å²) in [6.07, 6.45) is 1.01. The molecule has 0 bridgehead atoms. The second-order valence-electron chi connectivity index (χ2n) is 3.53. The molecule has 0 saturated carbocycles. The summed E-state index contributed by atoms with van der Waals surface area (Å²) in [5, 5.41) is 0.257. The molecule has 0 aromatic heterocycles. The van der Waals surface area contributed by atoms with Crippen LogP contribution in [0, 0.1) is 0 Å². The number of ether oxygens (including phenoxy) is 1. The molecule has 5 nitrogen and oxygen atoms in total. The van der Waals surface area contributed by atoms with Crippen LogP contribution < -0.4 is 4.31 Å². The van der Waals surface area contributed by atoms with Crippen LogP contribution in [0.3, 0.4) is 0 Å². The highest BCUT2D eigenvalue weighted by atomic mass is 35.5. The van der Waals surface area contributed by atoms with E-state index in [9.17, 15) is 13.2 Å². The molecule has 0 aliphatic rings. The highest BCUT2D eigenvalue weighted by Gasteiger charge is 2.23. The fourth-order valence-corrected chi connectivity index (χ4v) is 2.50. The zero-order chi connectivity index (χ0) is 13.8. The van der Waals surface area contributed by atoms with Gasteiger partial charge in [0.05, 0.1) is 23.6 Å². The Bertz CT molecular complexity index is 530. The van der Waals surface area contributed by atoms with Gasteiger partial charge in [-0.15, -0.1) is 0 Å². The van der Waals surface area contributed by atoms with Crippen LogP contribution in [0.2, 0.25) is 5.02 Å². The minimum absolute atomic E-state index is 0.193. The molecular weight excluding hydrogens is 278 g/mol. The van der Waals surface area contributed by atoms with Gasteiger partial charge in [0.15, 0.2) is 0 Å². The molecule has 7 heteroatoms. The number of carbonyl (C=O) groups is 1. The lowest BCUT2D eigenvalue weighted by Crippen LogP contribution is -2.36. The lowest BCUT2D eigenvalue weighted by Gasteiger charge is -2.22. The van der Waals surface area contributed by atoms with Crippen molar-refractivity contribution in [3.05, 3.63) is 29.3 Å². The highest BCUT2D eigenvalue weighted by Crippen LogP contribution is 2.26. The summed E-state index contributed by atoms with van der Waals surface area (Å²) in [4.78, 5) is 11.4. The number of halogens is 1. The topological polar surface area (TPSA) is 63.7 Å². The molecule has 1 aromatic rings. The smallest absolute Gasteiger partial charge is 0.326 e. The second kappa shape index (κ2) is 6.06. The molecule has 0 aliphatic heterocycles. The molecule has 1 aromatic carbocycles. The number of anilines is 1. The third kappa shape index (κ3) is 3.89. The Morgan fingerprint density at radius 1 is 1.39 bits per heavy atom. The summed E-state index contributed by atoms with van der Waals surface area (Å²) in [6, 6.07) is 6.41. The van der Waals surface area contributed by atoms with Gasteiger partial charge in [-0.3, -0.25) is 9.10 Å². The zero-order valence-corrected chi connectivity index (χ0v) is 11.7. The van der Waals surface area contributed by atoms with Crippen molar-refractivity contribution in [2.24, 2.45) is 0 Å². The monoisotopic (exact) mass is 291 g/mol. The number of benzene rings is 1. The number of rotatable bonds is 5. The Balaban J connectivity index is 3.08. The van der Waals surface area contributed by atoms with E-state index in [1.54, 1.807) is 25.1 Å². The second-order valence-corrected chi connectivity index (χ2v) is 5.84. The van der Waals surface area contributed by atoms with Crippen molar-refractivity contribution < 1.29 is 17.9 Å². The summed E-state index contributed by atoms with van der Waals surface area (Å²) in [6.45, 7) is 1.45. The molecule has 0 saturated heterocycles. The van der Waals surface area contributed by atoms with E-state index < -0.39 is 22.5 Å². The Hall–Kier alpha value is -1.27. The average molecular weight is 292 g/mol. The number of esters is 1. The van der Waals surface area contributed by atoms with Crippen molar-refractivity contribution >= 4 is 33.3 Å².